The summed E-state index contributed by atoms with van der Waals surface area (Å²) in [5, 5.41) is 9.28. The third-order valence-corrected chi connectivity index (χ3v) is 5.12. The minimum atomic E-state index is -1.43. The Bertz CT molecular complexity index is 993. The number of amides is 1. The zero-order valence-corrected chi connectivity index (χ0v) is 16.1. The van der Waals surface area contributed by atoms with Gasteiger partial charge in [0.05, 0.1) is 5.69 Å². The highest BCUT2D eigenvalue weighted by atomic mass is 32.1. The summed E-state index contributed by atoms with van der Waals surface area (Å²) in [4.78, 5) is 26.6. The lowest BCUT2D eigenvalue weighted by atomic mass is 10.1. The minimum Gasteiger partial charge on any atom is -0.449 e. The molecule has 3 rings (SSSR count). The molecule has 0 spiro atoms. The number of hydrogen-bond acceptors (Lipinski definition) is 4. The van der Waals surface area contributed by atoms with Gasteiger partial charge in [-0.15, -0.1) is 6.58 Å². The van der Waals surface area contributed by atoms with Crippen LogP contribution in [0.2, 0.25) is 0 Å². The van der Waals surface area contributed by atoms with Crippen LogP contribution in [0.3, 0.4) is 0 Å². The lowest BCUT2D eigenvalue weighted by Gasteiger charge is -2.21. The van der Waals surface area contributed by atoms with Gasteiger partial charge in [-0.2, -0.15) is 0 Å². The maximum absolute atomic E-state index is 13.1. The molecule has 0 bridgehead atoms. The van der Waals surface area contributed by atoms with Crippen molar-refractivity contribution in [3.63, 3.8) is 0 Å². The third kappa shape index (κ3) is 4.29. The van der Waals surface area contributed by atoms with Crippen LogP contribution in [0.25, 0.3) is 10.4 Å². The molecular formula is C22H19NO4S. The van der Waals surface area contributed by atoms with Gasteiger partial charge in [0.1, 0.15) is 0 Å². The van der Waals surface area contributed by atoms with E-state index >= 15 is 0 Å². The molecule has 28 heavy (non-hydrogen) atoms. The van der Waals surface area contributed by atoms with Crippen LogP contribution in [0, 0.1) is 6.92 Å². The van der Waals surface area contributed by atoms with Gasteiger partial charge in [-0.25, -0.2) is 4.79 Å². The number of carbonyl (C=O) groups excluding carboxylic acids is 1. The van der Waals surface area contributed by atoms with Gasteiger partial charge in [-0.05, 0) is 30.7 Å². The Balaban J connectivity index is 2.06. The highest BCUT2D eigenvalue weighted by molar-refractivity contribution is 7.18. The van der Waals surface area contributed by atoms with E-state index in [1.807, 2.05) is 49.4 Å². The number of carbonyl (C=O) groups is 2. The summed E-state index contributed by atoms with van der Waals surface area (Å²) < 4.78 is 4.99. The van der Waals surface area contributed by atoms with Crippen molar-refractivity contribution in [2.24, 2.45) is 0 Å². The predicted octanol–water partition coefficient (Wildman–Crippen LogP) is 5.61. The maximum atomic E-state index is 13.1. The summed E-state index contributed by atoms with van der Waals surface area (Å²) >= 11 is 1.18. The van der Waals surface area contributed by atoms with E-state index in [1.165, 1.54) is 16.2 Å². The lowest BCUT2D eigenvalue weighted by Crippen LogP contribution is -2.31. The van der Waals surface area contributed by atoms with E-state index in [-0.39, 0.29) is 17.5 Å². The van der Waals surface area contributed by atoms with Crippen LogP contribution in [0.1, 0.15) is 15.9 Å². The Hall–Kier alpha value is -3.38. The number of benzene rings is 2. The van der Waals surface area contributed by atoms with Crippen LogP contribution >= 0.6 is 11.3 Å². The molecule has 3 aromatic rings. The number of aryl methyl sites for hydroxylation is 1. The fourth-order valence-electron chi connectivity index (χ4n) is 2.72. The number of thiophene rings is 1. The molecule has 0 fully saturated rings. The SMILES string of the molecule is C=CCN(C(=O)c1ccc(C)cc1)c1cc(-c2ccccc2)sc1OC(=O)O. The first-order valence-electron chi connectivity index (χ1n) is 8.59. The topological polar surface area (TPSA) is 66.8 Å². The molecule has 1 amide bonds. The van der Waals surface area contributed by atoms with Gasteiger partial charge in [0, 0.05) is 17.0 Å². The molecule has 0 unspecified atom stereocenters. The first-order chi connectivity index (χ1) is 13.5. The molecule has 0 aliphatic heterocycles. The van der Waals surface area contributed by atoms with Crippen LogP contribution in [0.5, 0.6) is 5.06 Å². The number of ether oxygens (including phenoxy) is 1. The summed E-state index contributed by atoms with van der Waals surface area (Å²) in [5.41, 5.74) is 2.86. The van der Waals surface area contributed by atoms with E-state index in [4.69, 9.17) is 9.84 Å². The van der Waals surface area contributed by atoms with E-state index < -0.39 is 6.16 Å². The third-order valence-electron chi connectivity index (χ3n) is 4.06. The lowest BCUT2D eigenvalue weighted by molar-refractivity contribution is 0.0988. The molecule has 1 heterocycles. The summed E-state index contributed by atoms with van der Waals surface area (Å²) in [6.45, 7) is 5.88. The normalized spacial score (nSPS) is 10.3. The van der Waals surface area contributed by atoms with Gasteiger partial charge >= 0.3 is 6.16 Å². The van der Waals surface area contributed by atoms with Crippen LogP contribution in [0.15, 0.2) is 73.3 Å². The van der Waals surface area contributed by atoms with Crippen LogP contribution < -0.4 is 9.64 Å². The molecule has 142 valence electrons. The fourth-order valence-corrected chi connectivity index (χ4v) is 3.73. The smallest absolute Gasteiger partial charge is 0.449 e. The standard InChI is InChI=1S/C22H19NO4S/c1-3-13-23(20(24)17-11-9-15(2)10-12-17)18-14-19(16-7-5-4-6-8-16)28-21(18)27-22(25)26/h3-12,14H,1,13H2,2H3,(H,25,26). The van der Waals surface area contributed by atoms with Gasteiger partial charge in [0.2, 0.25) is 5.06 Å². The summed E-state index contributed by atoms with van der Waals surface area (Å²) in [6.07, 6.45) is 0.167. The molecule has 0 aliphatic rings. The molecule has 6 heteroatoms. The maximum Gasteiger partial charge on any atom is 0.512 e. The Kier molecular flexibility index (Phi) is 5.91. The summed E-state index contributed by atoms with van der Waals surface area (Å²) in [5.74, 6) is -0.257. The van der Waals surface area contributed by atoms with Crippen molar-refractivity contribution in [1.82, 2.24) is 0 Å². The number of rotatable bonds is 6. The van der Waals surface area contributed by atoms with Crippen molar-refractivity contribution < 1.29 is 19.4 Å². The Morgan fingerprint density at radius 1 is 1.14 bits per heavy atom. The Morgan fingerprint density at radius 2 is 1.82 bits per heavy atom. The average molecular weight is 393 g/mol. The molecular weight excluding hydrogens is 374 g/mol. The first-order valence-corrected chi connectivity index (χ1v) is 9.40. The molecule has 0 saturated carbocycles. The fraction of sp³-hybridized carbons (Fsp3) is 0.0909. The van der Waals surface area contributed by atoms with Crippen LogP contribution in [0.4, 0.5) is 10.5 Å². The number of hydrogen-bond donors (Lipinski definition) is 1. The van der Waals surface area contributed by atoms with Crippen LogP contribution in [-0.2, 0) is 0 Å². The van der Waals surface area contributed by atoms with E-state index in [1.54, 1.807) is 24.3 Å². The van der Waals surface area contributed by atoms with E-state index in [0.717, 1.165) is 16.0 Å². The van der Waals surface area contributed by atoms with Gasteiger partial charge < -0.3 is 14.7 Å². The highest BCUT2D eigenvalue weighted by Gasteiger charge is 2.24. The minimum absolute atomic E-state index is 0.147. The van der Waals surface area contributed by atoms with Gasteiger partial charge in [0.15, 0.2) is 0 Å². The van der Waals surface area contributed by atoms with Crippen molar-refractivity contribution >= 4 is 29.1 Å². The molecule has 5 nitrogen and oxygen atoms in total. The second kappa shape index (κ2) is 8.54. The molecule has 1 N–H and O–H groups in total. The quantitative estimate of drug-likeness (QED) is 0.436. The monoisotopic (exact) mass is 393 g/mol. The number of anilines is 1. The molecule has 1 aromatic heterocycles. The predicted molar refractivity (Wildman–Crippen MR) is 111 cm³/mol. The molecule has 0 radical (unpaired) electrons. The Morgan fingerprint density at radius 3 is 2.43 bits per heavy atom. The van der Waals surface area contributed by atoms with Gasteiger partial charge in [-0.1, -0.05) is 65.4 Å². The zero-order valence-electron chi connectivity index (χ0n) is 15.3. The van der Waals surface area contributed by atoms with Gasteiger partial charge in [-0.3, -0.25) is 4.79 Å². The van der Waals surface area contributed by atoms with E-state index in [0.29, 0.717) is 11.3 Å². The molecule has 2 aromatic carbocycles. The van der Waals surface area contributed by atoms with Gasteiger partial charge in [0.25, 0.3) is 5.91 Å². The first kappa shape index (κ1) is 19.4. The molecule has 0 saturated heterocycles. The molecule has 0 aliphatic carbocycles. The second-order valence-corrected chi connectivity index (χ2v) is 7.10. The molecule has 0 atom stereocenters. The average Bonchev–Trinajstić information content (AvgIpc) is 3.09. The second-order valence-electron chi connectivity index (χ2n) is 6.09. The van der Waals surface area contributed by atoms with Crippen molar-refractivity contribution in [1.29, 1.82) is 0 Å². The van der Waals surface area contributed by atoms with Crippen molar-refractivity contribution in [2.45, 2.75) is 6.92 Å². The largest absolute Gasteiger partial charge is 0.512 e. The van der Waals surface area contributed by atoms with Crippen molar-refractivity contribution in [3.8, 4) is 15.5 Å². The number of carboxylic acid groups (broad SMARTS) is 1. The van der Waals surface area contributed by atoms with Crippen molar-refractivity contribution in [3.05, 3.63) is 84.4 Å². The zero-order chi connectivity index (χ0) is 20.1. The highest BCUT2D eigenvalue weighted by Crippen LogP contribution is 2.43. The summed E-state index contributed by atoms with van der Waals surface area (Å²) in [6, 6.07) is 18.5. The number of nitrogens with zero attached hydrogens (tertiary/aromatic N) is 1. The Labute approximate surface area is 167 Å². The van der Waals surface area contributed by atoms with E-state index in [2.05, 4.69) is 6.58 Å². The van der Waals surface area contributed by atoms with Crippen molar-refractivity contribution in [2.75, 3.05) is 11.4 Å². The summed E-state index contributed by atoms with van der Waals surface area (Å²) in [7, 11) is 0. The van der Waals surface area contributed by atoms with Crippen LogP contribution in [-0.4, -0.2) is 23.7 Å². The van der Waals surface area contributed by atoms with E-state index in [9.17, 15) is 9.59 Å².